The Labute approximate surface area is 155 Å². The number of hydrogen-bond acceptors (Lipinski definition) is 5. The number of ether oxygens (including phenoxy) is 1. The fraction of sp³-hybridized carbons (Fsp3) is 0.500. The zero-order chi connectivity index (χ0) is 18.0. The van der Waals surface area contributed by atoms with Crippen molar-refractivity contribution < 1.29 is 17.3 Å². The molecular weight excluding hydrogens is 399 g/mol. The standard InChI is InChI=1S/C14H15Cl3N2O4S/c1-22-11-3-2-10-4-9(7-18)5-13(12(10)6-11)19-24(20,21)23-8-14(15,16)17/h2-3,6,9,13,19H,4-5,8H2,1H3/t9-,13+/m1/s1. The third-order valence-corrected chi connectivity index (χ3v) is 4.89. The van der Waals surface area contributed by atoms with Gasteiger partial charge in [0.05, 0.1) is 25.1 Å². The van der Waals surface area contributed by atoms with Crippen LogP contribution in [0.2, 0.25) is 0 Å². The van der Waals surface area contributed by atoms with E-state index in [0.717, 1.165) is 11.1 Å². The Balaban J connectivity index is 2.24. The number of nitrogens with zero attached hydrogens (tertiary/aromatic N) is 1. The third-order valence-electron chi connectivity index (χ3n) is 3.56. The summed E-state index contributed by atoms with van der Waals surface area (Å²) in [5, 5.41) is 9.21. The Morgan fingerprint density at radius 3 is 2.71 bits per heavy atom. The third kappa shape index (κ3) is 5.38. The van der Waals surface area contributed by atoms with E-state index in [4.69, 9.17) is 39.5 Å². The summed E-state index contributed by atoms with van der Waals surface area (Å²) in [5.41, 5.74) is 1.62. The number of nitrogens with one attached hydrogen (secondary N) is 1. The summed E-state index contributed by atoms with van der Waals surface area (Å²) in [5.74, 6) is 0.280. The molecule has 1 aromatic rings. The Bertz CT molecular complexity index is 743. The van der Waals surface area contributed by atoms with Crippen LogP contribution in [0.15, 0.2) is 18.2 Å². The van der Waals surface area contributed by atoms with Gasteiger partial charge in [0.2, 0.25) is 3.79 Å². The highest BCUT2D eigenvalue weighted by Gasteiger charge is 2.32. The average molecular weight is 414 g/mol. The molecule has 0 aromatic heterocycles. The number of alkyl halides is 3. The minimum atomic E-state index is -4.16. The second-order valence-corrected chi connectivity index (χ2v) is 9.23. The lowest BCUT2D eigenvalue weighted by Crippen LogP contribution is -2.35. The van der Waals surface area contributed by atoms with E-state index >= 15 is 0 Å². The lowest BCUT2D eigenvalue weighted by molar-refractivity contribution is 0.308. The molecule has 6 nitrogen and oxygen atoms in total. The maximum absolute atomic E-state index is 12.1. The normalized spacial score (nSPS) is 21.0. The van der Waals surface area contributed by atoms with Gasteiger partial charge in [-0.3, -0.25) is 4.18 Å². The van der Waals surface area contributed by atoms with Crippen LogP contribution in [-0.4, -0.2) is 25.9 Å². The van der Waals surface area contributed by atoms with Gasteiger partial charge >= 0.3 is 10.3 Å². The van der Waals surface area contributed by atoms with Crippen LogP contribution in [0.5, 0.6) is 5.75 Å². The van der Waals surface area contributed by atoms with Crippen LogP contribution in [-0.2, 0) is 20.9 Å². The predicted molar refractivity (Wildman–Crippen MR) is 91.5 cm³/mol. The Hall–Kier alpha value is -0.750. The van der Waals surface area contributed by atoms with Gasteiger partial charge in [0.25, 0.3) is 0 Å². The molecule has 1 aliphatic rings. The molecule has 0 amide bonds. The molecule has 1 aromatic carbocycles. The monoisotopic (exact) mass is 412 g/mol. The van der Waals surface area contributed by atoms with E-state index in [1.165, 1.54) is 7.11 Å². The maximum Gasteiger partial charge on any atom is 0.336 e. The smallest absolute Gasteiger partial charge is 0.336 e. The fourth-order valence-electron chi connectivity index (χ4n) is 2.53. The summed E-state index contributed by atoms with van der Waals surface area (Å²) in [7, 11) is -2.64. The van der Waals surface area contributed by atoms with E-state index in [1.54, 1.807) is 12.1 Å². The van der Waals surface area contributed by atoms with Crippen LogP contribution >= 0.6 is 34.8 Å². The number of nitriles is 1. The number of methoxy groups -OCH3 is 1. The average Bonchev–Trinajstić information content (AvgIpc) is 2.51. The van der Waals surface area contributed by atoms with E-state index in [1.807, 2.05) is 6.07 Å². The molecule has 0 spiro atoms. The van der Waals surface area contributed by atoms with Gasteiger partial charge in [0, 0.05) is 0 Å². The molecule has 1 aliphatic carbocycles. The molecule has 1 N–H and O–H groups in total. The van der Waals surface area contributed by atoms with Gasteiger partial charge in [-0.15, -0.1) is 0 Å². The summed E-state index contributed by atoms with van der Waals surface area (Å²) in [4.78, 5) is 0. The van der Waals surface area contributed by atoms with Crippen molar-refractivity contribution in [1.29, 1.82) is 5.26 Å². The molecule has 0 saturated carbocycles. The van der Waals surface area contributed by atoms with Crippen LogP contribution in [0.4, 0.5) is 0 Å². The zero-order valence-electron chi connectivity index (χ0n) is 12.6. The first-order valence-corrected chi connectivity index (χ1v) is 9.47. The molecule has 2 rings (SSSR count). The van der Waals surface area contributed by atoms with Gasteiger partial charge in [-0.05, 0) is 36.1 Å². The van der Waals surface area contributed by atoms with Crippen molar-refractivity contribution in [2.45, 2.75) is 22.7 Å². The van der Waals surface area contributed by atoms with Gasteiger partial charge in [-0.2, -0.15) is 18.4 Å². The summed E-state index contributed by atoms with van der Waals surface area (Å²) in [6, 6.07) is 6.87. The quantitative estimate of drug-likeness (QED) is 0.750. The van der Waals surface area contributed by atoms with Crippen molar-refractivity contribution in [3.05, 3.63) is 29.3 Å². The molecule has 0 aliphatic heterocycles. The Kier molecular flexibility index (Phi) is 6.24. The largest absolute Gasteiger partial charge is 0.497 e. The van der Waals surface area contributed by atoms with E-state index in [-0.39, 0.29) is 5.92 Å². The Morgan fingerprint density at radius 2 is 2.12 bits per heavy atom. The summed E-state index contributed by atoms with van der Waals surface area (Å²) < 4.78 is 34.6. The maximum atomic E-state index is 12.1. The topological polar surface area (TPSA) is 88.4 Å². The van der Waals surface area contributed by atoms with E-state index in [9.17, 15) is 13.7 Å². The molecule has 2 atom stereocenters. The van der Waals surface area contributed by atoms with Crippen molar-refractivity contribution in [1.82, 2.24) is 4.72 Å². The highest BCUT2D eigenvalue weighted by molar-refractivity contribution is 7.84. The number of rotatable bonds is 5. The van der Waals surface area contributed by atoms with E-state index < -0.39 is 26.7 Å². The fourth-order valence-corrected chi connectivity index (χ4v) is 3.86. The van der Waals surface area contributed by atoms with Crippen LogP contribution in [0.25, 0.3) is 0 Å². The highest BCUT2D eigenvalue weighted by Crippen LogP contribution is 2.36. The first-order valence-electron chi connectivity index (χ1n) is 6.93. The van der Waals surface area contributed by atoms with Gasteiger partial charge < -0.3 is 4.74 Å². The number of benzene rings is 1. The number of halogens is 3. The van der Waals surface area contributed by atoms with Crippen molar-refractivity contribution in [2.24, 2.45) is 5.92 Å². The molecule has 0 bridgehead atoms. The summed E-state index contributed by atoms with van der Waals surface area (Å²) in [6.07, 6.45) is 0.857. The van der Waals surface area contributed by atoms with Crippen molar-refractivity contribution in [3.8, 4) is 11.8 Å². The minimum absolute atomic E-state index is 0.313. The van der Waals surface area contributed by atoms with Gasteiger partial charge in [-0.1, -0.05) is 40.9 Å². The molecule has 10 heteroatoms. The molecule has 0 radical (unpaired) electrons. The molecule has 0 saturated heterocycles. The SMILES string of the molecule is COc1ccc2c(c1)[C@@H](NS(=O)(=O)OCC(Cl)(Cl)Cl)C[C@H](C#N)C2. The van der Waals surface area contributed by atoms with Gasteiger partial charge in [0.1, 0.15) is 12.4 Å². The Morgan fingerprint density at radius 1 is 1.42 bits per heavy atom. The lowest BCUT2D eigenvalue weighted by atomic mass is 9.81. The molecule has 0 fully saturated rings. The first-order chi connectivity index (χ1) is 11.1. The van der Waals surface area contributed by atoms with Crippen LogP contribution in [0.3, 0.4) is 0 Å². The predicted octanol–water partition coefficient (Wildman–Crippen LogP) is 3.04. The first kappa shape index (κ1) is 19.6. The van der Waals surface area contributed by atoms with Gasteiger partial charge in [-0.25, -0.2) is 0 Å². The van der Waals surface area contributed by atoms with Crippen molar-refractivity contribution in [3.63, 3.8) is 0 Å². The highest BCUT2D eigenvalue weighted by atomic mass is 35.6. The molecule has 0 heterocycles. The van der Waals surface area contributed by atoms with E-state index in [2.05, 4.69) is 15.0 Å². The summed E-state index contributed by atoms with van der Waals surface area (Å²) in [6.45, 7) is -0.619. The molecule has 132 valence electrons. The number of hydrogen-bond donors (Lipinski definition) is 1. The lowest BCUT2D eigenvalue weighted by Gasteiger charge is -2.29. The van der Waals surface area contributed by atoms with Crippen LogP contribution in [0.1, 0.15) is 23.6 Å². The number of fused-ring (bicyclic) bond motifs is 1. The van der Waals surface area contributed by atoms with Crippen molar-refractivity contribution in [2.75, 3.05) is 13.7 Å². The van der Waals surface area contributed by atoms with Crippen LogP contribution < -0.4 is 9.46 Å². The molecule has 24 heavy (non-hydrogen) atoms. The second kappa shape index (κ2) is 7.65. The van der Waals surface area contributed by atoms with Crippen LogP contribution in [0, 0.1) is 17.2 Å². The summed E-state index contributed by atoms with van der Waals surface area (Å²) >= 11 is 16.5. The van der Waals surface area contributed by atoms with Gasteiger partial charge in [0.15, 0.2) is 0 Å². The zero-order valence-corrected chi connectivity index (χ0v) is 15.7. The molecule has 0 unspecified atom stereocenters. The second-order valence-electron chi connectivity index (χ2n) is 5.33. The molecular formula is C14H15Cl3N2O4S. The van der Waals surface area contributed by atoms with E-state index in [0.29, 0.717) is 18.6 Å². The van der Waals surface area contributed by atoms with Crippen molar-refractivity contribution >= 4 is 45.1 Å². The minimum Gasteiger partial charge on any atom is -0.497 e.